The van der Waals surface area contributed by atoms with Gasteiger partial charge in [0, 0.05) is 12.6 Å². The van der Waals surface area contributed by atoms with Crippen LogP contribution in [-0.4, -0.2) is 6.04 Å². The summed E-state index contributed by atoms with van der Waals surface area (Å²) in [7, 11) is 0. The van der Waals surface area contributed by atoms with Gasteiger partial charge >= 0.3 is 0 Å². The topological polar surface area (TPSA) is 21.3 Å². The van der Waals surface area contributed by atoms with E-state index in [2.05, 4.69) is 54.7 Å². The van der Waals surface area contributed by atoms with Gasteiger partial charge < -0.3 is 10.1 Å². The molecule has 0 spiro atoms. The molecule has 0 heterocycles. The molecule has 21 heavy (non-hydrogen) atoms. The van der Waals surface area contributed by atoms with Gasteiger partial charge in [-0.15, -0.1) is 0 Å². The Balaban J connectivity index is 1.52. The van der Waals surface area contributed by atoms with E-state index in [1.54, 1.807) is 0 Å². The van der Waals surface area contributed by atoms with Gasteiger partial charge in [-0.3, -0.25) is 0 Å². The van der Waals surface area contributed by atoms with Gasteiger partial charge in [0.2, 0.25) is 0 Å². The van der Waals surface area contributed by atoms with Gasteiger partial charge in [-0.05, 0) is 48.1 Å². The van der Waals surface area contributed by atoms with Crippen LogP contribution in [0.2, 0.25) is 0 Å². The van der Waals surface area contributed by atoms with Gasteiger partial charge in [0.25, 0.3) is 0 Å². The van der Waals surface area contributed by atoms with Crippen molar-refractivity contribution < 1.29 is 4.74 Å². The van der Waals surface area contributed by atoms with Gasteiger partial charge in [0.05, 0.1) is 0 Å². The Morgan fingerprint density at radius 3 is 2.48 bits per heavy atom. The minimum absolute atomic E-state index is 0.628. The van der Waals surface area contributed by atoms with Crippen LogP contribution in [0.15, 0.2) is 48.5 Å². The van der Waals surface area contributed by atoms with E-state index in [9.17, 15) is 0 Å². The molecule has 0 bridgehead atoms. The lowest BCUT2D eigenvalue weighted by atomic mass is 10.1. The van der Waals surface area contributed by atoms with E-state index < -0.39 is 0 Å². The van der Waals surface area contributed by atoms with Crippen LogP contribution in [0, 0.1) is 0 Å². The van der Waals surface area contributed by atoms with Crippen LogP contribution in [0.1, 0.15) is 36.5 Å². The predicted molar refractivity (Wildman–Crippen MR) is 86.5 cm³/mol. The van der Waals surface area contributed by atoms with Gasteiger partial charge in [-0.25, -0.2) is 0 Å². The molecule has 2 aromatic rings. The normalized spacial score (nSPS) is 14.1. The second-order valence-electron chi connectivity index (χ2n) is 5.76. The lowest BCUT2D eigenvalue weighted by Crippen LogP contribution is -2.15. The Morgan fingerprint density at radius 1 is 1.00 bits per heavy atom. The largest absolute Gasteiger partial charge is 0.489 e. The molecule has 1 fully saturated rings. The highest BCUT2D eigenvalue weighted by Gasteiger charge is 2.19. The summed E-state index contributed by atoms with van der Waals surface area (Å²) in [4.78, 5) is 0. The van der Waals surface area contributed by atoms with E-state index >= 15 is 0 Å². The number of aryl methyl sites for hydroxylation is 1. The van der Waals surface area contributed by atoms with E-state index in [0.29, 0.717) is 6.61 Å². The van der Waals surface area contributed by atoms with E-state index in [-0.39, 0.29) is 0 Å². The average molecular weight is 281 g/mol. The monoisotopic (exact) mass is 281 g/mol. The SMILES string of the molecule is CCc1cccc(OCc2ccc(CNC3CC3)cc2)c1. The highest BCUT2D eigenvalue weighted by molar-refractivity contribution is 5.29. The fraction of sp³-hybridized carbons (Fsp3) is 0.368. The molecule has 2 nitrogen and oxygen atoms in total. The first-order valence-corrected chi connectivity index (χ1v) is 7.86. The molecule has 1 N–H and O–H groups in total. The van der Waals surface area contributed by atoms with E-state index in [4.69, 9.17) is 4.74 Å². The maximum absolute atomic E-state index is 5.87. The number of benzene rings is 2. The predicted octanol–water partition coefficient (Wildman–Crippen LogP) is 4.08. The minimum Gasteiger partial charge on any atom is -0.489 e. The maximum Gasteiger partial charge on any atom is 0.120 e. The lowest BCUT2D eigenvalue weighted by Gasteiger charge is -2.09. The molecule has 0 amide bonds. The van der Waals surface area contributed by atoms with Crippen LogP contribution in [0.25, 0.3) is 0 Å². The third-order valence-electron chi connectivity index (χ3n) is 3.91. The van der Waals surface area contributed by atoms with Crippen LogP contribution in [0.3, 0.4) is 0 Å². The zero-order chi connectivity index (χ0) is 14.5. The molecule has 0 radical (unpaired) electrons. The Kier molecular flexibility index (Phi) is 4.56. The summed E-state index contributed by atoms with van der Waals surface area (Å²) in [6.45, 7) is 3.77. The van der Waals surface area contributed by atoms with Crippen molar-refractivity contribution in [3.05, 3.63) is 65.2 Å². The number of hydrogen-bond acceptors (Lipinski definition) is 2. The number of hydrogen-bond donors (Lipinski definition) is 1. The first-order valence-electron chi connectivity index (χ1n) is 7.86. The molecule has 2 heteroatoms. The Labute approximate surface area is 127 Å². The van der Waals surface area contributed by atoms with Crippen LogP contribution >= 0.6 is 0 Å². The van der Waals surface area contributed by atoms with Crippen molar-refractivity contribution in [3.8, 4) is 5.75 Å². The number of ether oxygens (including phenoxy) is 1. The van der Waals surface area contributed by atoms with Crippen molar-refractivity contribution >= 4 is 0 Å². The number of nitrogens with one attached hydrogen (secondary N) is 1. The van der Waals surface area contributed by atoms with E-state index in [0.717, 1.165) is 24.8 Å². The lowest BCUT2D eigenvalue weighted by molar-refractivity contribution is 0.306. The van der Waals surface area contributed by atoms with Crippen LogP contribution in [0.4, 0.5) is 0 Å². The Morgan fingerprint density at radius 2 is 1.76 bits per heavy atom. The molecule has 1 saturated carbocycles. The molecular formula is C19H23NO. The standard InChI is InChI=1S/C19H23NO/c1-2-15-4-3-5-19(12-15)21-14-17-8-6-16(7-9-17)13-20-18-10-11-18/h3-9,12,18,20H,2,10-11,13-14H2,1H3. The maximum atomic E-state index is 5.87. The molecule has 0 unspecified atom stereocenters. The van der Waals surface area contributed by atoms with Gasteiger partial charge in [0.1, 0.15) is 12.4 Å². The summed E-state index contributed by atoms with van der Waals surface area (Å²) in [5.74, 6) is 0.953. The summed E-state index contributed by atoms with van der Waals surface area (Å²) < 4.78 is 5.87. The van der Waals surface area contributed by atoms with Gasteiger partial charge in [-0.2, -0.15) is 0 Å². The molecule has 2 aromatic carbocycles. The highest BCUT2D eigenvalue weighted by atomic mass is 16.5. The molecule has 0 atom stereocenters. The molecule has 3 rings (SSSR count). The molecular weight excluding hydrogens is 258 g/mol. The Hall–Kier alpha value is -1.80. The fourth-order valence-electron chi connectivity index (χ4n) is 2.32. The summed E-state index contributed by atoms with van der Waals surface area (Å²) in [6.07, 6.45) is 3.71. The minimum atomic E-state index is 0.628. The average Bonchev–Trinajstić information content (AvgIpc) is 3.36. The summed E-state index contributed by atoms with van der Waals surface area (Å²) >= 11 is 0. The van der Waals surface area contributed by atoms with E-state index in [1.807, 2.05) is 6.07 Å². The van der Waals surface area contributed by atoms with Crippen LogP contribution < -0.4 is 10.1 Å². The summed E-state index contributed by atoms with van der Waals surface area (Å²) in [6, 6.07) is 17.8. The van der Waals surface area contributed by atoms with Crippen LogP contribution in [-0.2, 0) is 19.6 Å². The quantitative estimate of drug-likeness (QED) is 0.825. The fourth-order valence-corrected chi connectivity index (χ4v) is 2.32. The molecule has 0 aromatic heterocycles. The molecule has 1 aliphatic rings. The third-order valence-corrected chi connectivity index (χ3v) is 3.91. The van der Waals surface area contributed by atoms with Crippen molar-refractivity contribution in [1.29, 1.82) is 0 Å². The second-order valence-corrected chi connectivity index (χ2v) is 5.76. The van der Waals surface area contributed by atoms with E-state index in [1.165, 1.54) is 29.5 Å². The first kappa shape index (κ1) is 14.2. The van der Waals surface area contributed by atoms with Crippen LogP contribution in [0.5, 0.6) is 5.75 Å². The van der Waals surface area contributed by atoms with Crippen molar-refractivity contribution in [2.75, 3.05) is 0 Å². The van der Waals surface area contributed by atoms with Crippen molar-refractivity contribution in [3.63, 3.8) is 0 Å². The highest BCUT2D eigenvalue weighted by Crippen LogP contribution is 2.19. The zero-order valence-corrected chi connectivity index (χ0v) is 12.6. The third kappa shape index (κ3) is 4.33. The molecule has 110 valence electrons. The summed E-state index contributed by atoms with van der Waals surface area (Å²) in [5, 5.41) is 3.53. The van der Waals surface area contributed by atoms with Crippen molar-refractivity contribution in [1.82, 2.24) is 5.32 Å². The first-order chi connectivity index (χ1) is 10.3. The molecule has 0 saturated heterocycles. The Bertz CT molecular complexity index is 572. The van der Waals surface area contributed by atoms with Gasteiger partial charge in [-0.1, -0.05) is 43.3 Å². The second kappa shape index (κ2) is 6.77. The number of rotatable bonds is 7. The van der Waals surface area contributed by atoms with Gasteiger partial charge in [0.15, 0.2) is 0 Å². The van der Waals surface area contributed by atoms with Crippen molar-refractivity contribution in [2.24, 2.45) is 0 Å². The summed E-state index contributed by atoms with van der Waals surface area (Å²) in [5.41, 5.74) is 3.87. The smallest absolute Gasteiger partial charge is 0.120 e. The molecule has 0 aliphatic heterocycles. The molecule has 1 aliphatic carbocycles. The zero-order valence-electron chi connectivity index (χ0n) is 12.6. The van der Waals surface area contributed by atoms with Crippen molar-refractivity contribution in [2.45, 2.75) is 45.4 Å².